The van der Waals surface area contributed by atoms with E-state index >= 15 is 0 Å². The van der Waals surface area contributed by atoms with Crippen LogP contribution in [0.15, 0.2) is 41.2 Å². The Labute approximate surface area is 146 Å². The van der Waals surface area contributed by atoms with Crippen LogP contribution in [0.3, 0.4) is 0 Å². The minimum atomic E-state index is -0.494. The molecule has 0 radical (unpaired) electrons. The van der Waals surface area contributed by atoms with Crippen molar-refractivity contribution in [2.75, 3.05) is 7.11 Å². The van der Waals surface area contributed by atoms with Gasteiger partial charge in [-0.25, -0.2) is 0 Å². The van der Waals surface area contributed by atoms with Crippen LogP contribution in [0.25, 0.3) is 11.3 Å². The van der Waals surface area contributed by atoms with Crippen LogP contribution < -0.4 is 15.6 Å². The van der Waals surface area contributed by atoms with E-state index in [1.165, 1.54) is 10.6 Å². The molecular formula is C19H21N3O3. The lowest BCUT2D eigenvalue weighted by atomic mass is 10.1. The topological polar surface area (TPSA) is 84.1 Å². The molecular weight excluding hydrogens is 318 g/mol. The second kappa shape index (κ2) is 7.22. The second-order valence-electron chi connectivity index (χ2n) is 6.67. The molecule has 2 aromatic rings. The lowest BCUT2D eigenvalue weighted by Crippen LogP contribution is -2.43. The first-order chi connectivity index (χ1) is 11.7. The number of ether oxygens (including phenoxy) is 1. The van der Waals surface area contributed by atoms with Crippen LogP contribution in [0.4, 0.5) is 0 Å². The zero-order chi connectivity index (χ0) is 18.6. The van der Waals surface area contributed by atoms with Crippen molar-refractivity contribution in [3.63, 3.8) is 0 Å². The third kappa shape index (κ3) is 4.48. The quantitative estimate of drug-likeness (QED) is 0.926. The molecule has 130 valence electrons. The van der Waals surface area contributed by atoms with Crippen molar-refractivity contribution in [1.29, 1.82) is 5.26 Å². The molecule has 25 heavy (non-hydrogen) atoms. The number of carbonyl (C=O) groups is 1. The number of carbonyl (C=O) groups excluding carboxylic acids is 1. The number of nitrogens with one attached hydrogen (secondary N) is 1. The number of amides is 1. The predicted octanol–water partition coefficient (Wildman–Crippen LogP) is 2.31. The number of rotatable bonds is 4. The molecule has 1 amide bonds. The standard InChI is InChI=1S/C19H21N3O3/c1-19(2,3)21-17(23)12-22-16(9-8-14(11-20)18(22)24)13-6-5-7-15(10-13)25-4/h5-10H,12H2,1-4H3,(H,21,23). The normalized spacial score (nSPS) is 10.8. The number of nitrogens with zero attached hydrogens (tertiary/aromatic N) is 2. The molecule has 0 spiro atoms. The summed E-state index contributed by atoms with van der Waals surface area (Å²) >= 11 is 0. The summed E-state index contributed by atoms with van der Waals surface area (Å²) in [4.78, 5) is 24.9. The SMILES string of the molecule is COc1cccc(-c2ccc(C#N)c(=O)n2CC(=O)NC(C)(C)C)c1. The Hall–Kier alpha value is -3.07. The number of nitriles is 1. The number of aromatic nitrogens is 1. The summed E-state index contributed by atoms with van der Waals surface area (Å²) in [6, 6.07) is 12.2. The molecule has 0 unspecified atom stereocenters. The van der Waals surface area contributed by atoms with Gasteiger partial charge in [-0.15, -0.1) is 0 Å². The number of pyridine rings is 1. The Morgan fingerprint density at radius 1 is 1.28 bits per heavy atom. The van der Waals surface area contributed by atoms with Crippen LogP contribution in [0.2, 0.25) is 0 Å². The number of hydrogen-bond donors (Lipinski definition) is 1. The van der Waals surface area contributed by atoms with Crippen LogP contribution in [-0.2, 0) is 11.3 Å². The summed E-state index contributed by atoms with van der Waals surface area (Å²) in [7, 11) is 1.56. The third-order valence-corrected chi connectivity index (χ3v) is 3.48. The van der Waals surface area contributed by atoms with Gasteiger partial charge in [-0.2, -0.15) is 5.26 Å². The van der Waals surface area contributed by atoms with Crippen molar-refractivity contribution in [1.82, 2.24) is 9.88 Å². The maximum atomic E-state index is 12.6. The number of hydrogen-bond acceptors (Lipinski definition) is 4. The summed E-state index contributed by atoms with van der Waals surface area (Å²) in [5.41, 5.74) is 0.363. The van der Waals surface area contributed by atoms with Gasteiger partial charge < -0.3 is 10.1 Å². The highest BCUT2D eigenvalue weighted by molar-refractivity contribution is 5.77. The van der Waals surface area contributed by atoms with E-state index in [9.17, 15) is 9.59 Å². The summed E-state index contributed by atoms with van der Waals surface area (Å²) < 4.78 is 6.53. The Morgan fingerprint density at radius 3 is 2.60 bits per heavy atom. The van der Waals surface area contributed by atoms with E-state index in [4.69, 9.17) is 10.00 Å². The van der Waals surface area contributed by atoms with Crippen molar-refractivity contribution in [2.24, 2.45) is 0 Å². The smallest absolute Gasteiger partial charge is 0.269 e. The first-order valence-corrected chi connectivity index (χ1v) is 7.84. The van der Waals surface area contributed by atoms with Crippen molar-refractivity contribution in [2.45, 2.75) is 32.9 Å². The molecule has 1 N–H and O–H groups in total. The van der Waals surface area contributed by atoms with Gasteiger partial charge in [0, 0.05) is 11.1 Å². The zero-order valence-corrected chi connectivity index (χ0v) is 14.8. The van der Waals surface area contributed by atoms with Crippen LogP contribution in [0, 0.1) is 11.3 Å². The maximum absolute atomic E-state index is 12.6. The minimum Gasteiger partial charge on any atom is -0.497 e. The van der Waals surface area contributed by atoms with E-state index in [-0.39, 0.29) is 18.0 Å². The van der Waals surface area contributed by atoms with Gasteiger partial charge in [0.2, 0.25) is 5.91 Å². The van der Waals surface area contributed by atoms with E-state index in [0.29, 0.717) is 11.4 Å². The second-order valence-corrected chi connectivity index (χ2v) is 6.67. The van der Waals surface area contributed by atoms with Crippen molar-refractivity contribution in [3.05, 3.63) is 52.3 Å². The monoisotopic (exact) mass is 339 g/mol. The molecule has 6 heteroatoms. The Bertz CT molecular complexity index is 886. The molecule has 0 bridgehead atoms. The molecule has 0 aliphatic heterocycles. The molecule has 1 aromatic heterocycles. The molecule has 1 heterocycles. The summed E-state index contributed by atoms with van der Waals surface area (Å²) in [5.74, 6) is 0.342. The molecule has 0 saturated carbocycles. The minimum absolute atomic E-state index is 0.00444. The van der Waals surface area contributed by atoms with Crippen molar-refractivity contribution in [3.8, 4) is 23.1 Å². The molecule has 2 rings (SSSR count). The van der Waals surface area contributed by atoms with Gasteiger partial charge in [0.1, 0.15) is 23.9 Å². The summed E-state index contributed by atoms with van der Waals surface area (Å²) in [6.07, 6.45) is 0. The van der Waals surface area contributed by atoms with Gasteiger partial charge in [-0.05, 0) is 45.0 Å². The Morgan fingerprint density at radius 2 is 2.00 bits per heavy atom. The lowest BCUT2D eigenvalue weighted by molar-refractivity contribution is -0.123. The van der Waals surface area contributed by atoms with E-state index in [0.717, 1.165) is 5.56 Å². The van der Waals surface area contributed by atoms with E-state index < -0.39 is 11.1 Å². The van der Waals surface area contributed by atoms with Gasteiger partial charge in [0.05, 0.1) is 12.8 Å². The van der Waals surface area contributed by atoms with Gasteiger partial charge in [0.15, 0.2) is 0 Å². The molecule has 0 aliphatic rings. The largest absolute Gasteiger partial charge is 0.497 e. The van der Waals surface area contributed by atoms with Crippen molar-refractivity contribution >= 4 is 5.91 Å². The first-order valence-electron chi connectivity index (χ1n) is 7.84. The van der Waals surface area contributed by atoms with E-state index in [2.05, 4.69) is 5.32 Å². The van der Waals surface area contributed by atoms with E-state index in [1.807, 2.05) is 32.9 Å². The average Bonchev–Trinajstić information content (AvgIpc) is 2.55. The molecule has 0 fully saturated rings. The average molecular weight is 339 g/mol. The van der Waals surface area contributed by atoms with Gasteiger partial charge in [-0.1, -0.05) is 12.1 Å². The van der Waals surface area contributed by atoms with E-state index in [1.54, 1.807) is 31.4 Å². The fourth-order valence-electron chi connectivity index (χ4n) is 2.46. The van der Waals surface area contributed by atoms with Crippen LogP contribution in [0.1, 0.15) is 26.3 Å². The summed E-state index contributed by atoms with van der Waals surface area (Å²) in [6.45, 7) is 5.42. The van der Waals surface area contributed by atoms with Gasteiger partial charge in [-0.3, -0.25) is 14.2 Å². The highest BCUT2D eigenvalue weighted by Crippen LogP contribution is 2.23. The maximum Gasteiger partial charge on any atom is 0.269 e. The Kier molecular flexibility index (Phi) is 5.28. The summed E-state index contributed by atoms with van der Waals surface area (Å²) in [5, 5.41) is 12.0. The van der Waals surface area contributed by atoms with Gasteiger partial charge >= 0.3 is 0 Å². The third-order valence-electron chi connectivity index (χ3n) is 3.48. The number of methoxy groups -OCH3 is 1. The number of benzene rings is 1. The predicted molar refractivity (Wildman–Crippen MR) is 95.3 cm³/mol. The molecule has 0 saturated heterocycles. The van der Waals surface area contributed by atoms with Crippen LogP contribution in [-0.4, -0.2) is 23.1 Å². The van der Waals surface area contributed by atoms with Gasteiger partial charge in [0.25, 0.3) is 5.56 Å². The first kappa shape index (κ1) is 18.3. The molecule has 0 aliphatic carbocycles. The van der Waals surface area contributed by atoms with Crippen LogP contribution in [0.5, 0.6) is 5.75 Å². The Balaban J connectivity index is 2.54. The highest BCUT2D eigenvalue weighted by Gasteiger charge is 2.18. The zero-order valence-electron chi connectivity index (χ0n) is 14.8. The van der Waals surface area contributed by atoms with Crippen LogP contribution >= 0.6 is 0 Å². The van der Waals surface area contributed by atoms with Crippen molar-refractivity contribution < 1.29 is 9.53 Å². The highest BCUT2D eigenvalue weighted by atomic mass is 16.5. The molecule has 6 nitrogen and oxygen atoms in total. The molecule has 0 atom stereocenters. The fraction of sp³-hybridized carbons (Fsp3) is 0.316. The molecule has 1 aromatic carbocycles. The fourth-order valence-corrected chi connectivity index (χ4v) is 2.46. The lowest BCUT2D eigenvalue weighted by Gasteiger charge is -2.21.